The summed E-state index contributed by atoms with van der Waals surface area (Å²) in [6, 6.07) is 6.38. The summed E-state index contributed by atoms with van der Waals surface area (Å²) < 4.78 is 1.83. The number of nitrogens with zero attached hydrogens (tertiary/aromatic N) is 2. The Morgan fingerprint density at radius 1 is 1.28 bits per heavy atom. The lowest BCUT2D eigenvalue weighted by Crippen LogP contribution is -2.22. The molecule has 0 fully saturated rings. The van der Waals surface area contributed by atoms with Crippen molar-refractivity contribution < 1.29 is 0 Å². The predicted octanol–water partition coefficient (Wildman–Crippen LogP) is 3.00. The Kier molecular flexibility index (Phi) is 3.73. The molecule has 0 amide bonds. The van der Waals surface area contributed by atoms with E-state index in [0.29, 0.717) is 5.02 Å². The summed E-state index contributed by atoms with van der Waals surface area (Å²) in [6.45, 7) is 4.24. The monoisotopic (exact) mass is 263 g/mol. The first-order valence-electron chi connectivity index (χ1n) is 5.97. The maximum atomic E-state index is 6.25. The Morgan fingerprint density at radius 2 is 1.89 bits per heavy atom. The smallest absolute Gasteiger partial charge is 0.0837 e. The van der Waals surface area contributed by atoms with Crippen molar-refractivity contribution in [2.75, 3.05) is 7.05 Å². The van der Waals surface area contributed by atoms with Crippen molar-refractivity contribution in [1.82, 2.24) is 15.1 Å². The Hall–Kier alpha value is -1.32. The predicted molar refractivity (Wildman–Crippen MR) is 75.0 cm³/mol. The molecule has 1 unspecified atom stereocenters. The van der Waals surface area contributed by atoms with E-state index in [1.165, 1.54) is 16.7 Å². The van der Waals surface area contributed by atoms with Gasteiger partial charge in [-0.25, -0.2) is 0 Å². The maximum absolute atomic E-state index is 6.25. The van der Waals surface area contributed by atoms with Crippen LogP contribution in [-0.4, -0.2) is 16.8 Å². The minimum absolute atomic E-state index is 0.0613. The molecule has 18 heavy (non-hydrogen) atoms. The van der Waals surface area contributed by atoms with Gasteiger partial charge >= 0.3 is 0 Å². The summed E-state index contributed by atoms with van der Waals surface area (Å²) in [5.41, 5.74) is 4.78. The van der Waals surface area contributed by atoms with Gasteiger partial charge in [0.25, 0.3) is 0 Å². The van der Waals surface area contributed by atoms with Gasteiger partial charge in [0.15, 0.2) is 0 Å². The zero-order valence-electron chi connectivity index (χ0n) is 11.2. The van der Waals surface area contributed by atoms with Crippen molar-refractivity contribution in [3.8, 4) is 0 Å². The number of aryl methyl sites for hydroxylation is 3. The standard InChI is InChI=1S/C14H18ClN3/c1-9-6-5-7-10(2)12(9)13(16-3)14-11(15)8-17-18(14)4/h5-8,13,16H,1-4H3. The molecule has 3 nitrogen and oxygen atoms in total. The van der Waals surface area contributed by atoms with Crippen LogP contribution in [0.1, 0.15) is 28.4 Å². The van der Waals surface area contributed by atoms with Gasteiger partial charge < -0.3 is 5.32 Å². The van der Waals surface area contributed by atoms with Crippen molar-refractivity contribution in [3.05, 3.63) is 51.8 Å². The molecule has 4 heteroatoms. The third-order valence-corrected chi connectivity index (χ3v) is 3.62. The van der Waals surface area contributed by atoms with Crippen molar-refractivity contribution in [1.29, 1.82) is 0 Å². The second-order valence-corrected chi connectivity index (χ2v) is 4.94. The molecule has 0 bridgehead atoms. The highest BCUT2D eigenvalue weighted by molar-refractivity contribution is 6.31. The van der Waals surface area contributed by atoms with Gasteiger partial charge in [0.2, 0.25) is 0 Å². The second-order valence-electron chi connectivity index (χ2n) is 4.53. The second kappa shape index (κ2) is 5.12. The van der Waals surface area contributed by atoms with E-state index in [2.05, 4.69) is 42.5 Å². The first kappa shape index (κ1) is 13.1. The Morgan fingerprint density at radius 3 is 2.33 bits per heavy atom. The molecular weight excluding hydrogens is 246 g/mol. The van der Waals surface area contributed by atoms with Crippen LogP contribution in [0.25, 0.3) is 0 Å². The molecule has 1 aromatic heterocycles. The van der Waals surface area contributed by atoms with Crippen molar-refractivity contribution in [2.24, 2.45) is 7.05 Å². The molecule has 1 atom stereocenters. The molecule has 1 aromatic carbocycles. The third-order valence-electron chi connectivity index (χ3n) is 3.33. The maximum Gasteiger partial charge on any atom is 0.0837 e. The van der Waals surface area contributed by atoms with Crippen LogP contribution in [0.15, 0.2) is 24.4 Å². The zero-order valence-corrected chi connectivity index (χ0v) is 11.9. The number of rotatable bonds is 3. The van der Waals surface area contributed by atoms with Gasteiger partial charge in [0.1, 0.15) is 0 Å². The van der Waals surface area contributed by atoms with Crippen LogP contribution in [-0.2, 0) is 7.05 Å². The molecule has 96 valence electrons. The molecule has 0 saturated heterocycles. The van der Waals surface area contributed by atoms with Crippen LogP contribution in [0, 0.1) is 13.8 Å². The first-order valence-corrected chi connectivity index (χ1v) is 6.34. The average molecular weight is 264 g/mol. The van der Waals surface area contributed by atoms with Crippen LogP contribution in [0.4, 0.5) is 0 Å². The summed E-state index contributed by atoms with van der Waals surface area (Å²) in [6.07, 6.45) is 1.69. The molecule has 2 aromatic rings. The highest BCUT2D eigenvalue weighted by Gasteiger charge is 2.22. The van der Waals surface area contributed by atoms with E-state index < -0.39 is 0 Å². The van der Waals surface area contributed by atoms with Crippen LogP contribution in [0.5, 0.6) is 0 Å². The highest BCUT2D eigenvalue weighted by atomic mass is 35.5. The largest absolute Gasteiger partial charge is 0.308 e. The van der Waals surface area contributed by atoms with Crippen molar-refractivity contribution in [2.45, 2.75) is 19.9 Å². The first-order chi connectivity index (χ1) is 8.56. The van der Waals surface area contributed by atoms with E-state index in [1.54, 1.807) is 6.20 Å². The molecule has 0 aliphatic heterocycles. The molecule has 0 aliphatic rings. The summed E-state index contributed by atoms with van der Waals surface area (Å²) in [5, 5.41) is 8.25. The van der Waals surface area contributed by atoms with E-state index in [4.69, 9.17) is 11.6 Å². The van der Waals surface area contributed by atoms with Crippen molar-refractivity contribution >= 4 is 11.6 Å². The van der Waals surface area contributed by atoms with Crippen LogP contribution in [0.2, 0.25) is 5.02 Å². The molecule has 1 heterocycles. The number of halogens is 1. The Labute approximate surface area is 113 Å². The number of aromatic nitrogens is 2. The van der Waals surface area contributed by atoms with Gasteiger partial charge in [0.05, 0.1) is 23.0 Å². The van der Waals surface area contributed by atoms with Gasteiger partial charge in [-0.2, -0.15) is 5.10 Å². The van der Waals surface area contributed by atoms with Gasteiger partial charge in [-0.15, -0.1) is 0 Å². The molecular formula is C14H18ClN3. The number of hydrogen-bond acceptors (Lipinski definition) is 2. The Bertz CT molecular complexity index is 520. The Balaban J connectivity index is 2.59. The molecule has 0 radical (unpaired) electrons. The fourth-order valence-electron chi connectivity index (χ4n) is 2.45. The van der Waals surface area contributed by atoms with Gasteiger partial charge in [-0.05, 0) is 37.6 Å². The quantitative estimate of drug-likeness (QED) is 0.923. The lowest BCUT2D eigenvalue weighted by Gasteiger charge is -2.22. The minimum Gasteiger partial charge on any atom is -0.308 e. The molecule has 0 saturated carbocycles. The van der Waals surface area contributed by atoms with E-state index in [-0.39, 0.29) is 6.04 Å². The molecule has 2 rings (SSSR count). The van der Waals surface area contributed by atoms with Crippen LogP contribution >= 0.6 is 11.6 Å². The van der Waals surface area contributed by atoms with Crippen molar-refractivity contribution in [3.63, 3.8) is 0 Å². The normalized spacial score (nSPS) is 12.7. The van der Waals surface area contributed by atoms with Crippen LogP contribution in [0.3, 0.4) is 0 Å². The molecule has 1 N–H and O–H groups in total. The highest BCUT2D eigenvalue weighted by Crippen LogP contribution is 2.31. The fourth-order valence-corrected chi connectivity index (χ4v) is 2.72. The molecule has 0 aliphatic carbocycles. The number of hydrogen-bond donors (Lipinski definition) is 1. The average Bonchev–Trinajstić information content (AvgIpc) is 2.65. The minimum atomic E-state index is 0.0613. The summed E-state index contributed by atoms with van der Waals surface area (Å²) in [7, 11) is 3.86. The zero-order chi connectivity index (χ0) is 13.3. The van der Waals surface area contributed by atoms with Gasteiger partial charge in [0, 0.05) is 7.05 Å². The van der Waals surface area contributed by atoms with Gasteiger partial charge in [-0.1, -0.05) is 29.8 Å². The summed E-state index contributed by atoms with van der Waals surface area (Å²) >= 11 is 6.25. The van der Waals surface area contributed by atoms with E-state index in [1.807, 2.05) is 18.8 Å². The summed E-state index contributed by atoms with van der Waals surface area (Å²) in [5.74, 6) is 0. The fraction of sp³-hybridized carbons (Fsp3) is 0.357. The topological polar surface area (TPSA) is 29.9 Å². The summed E-state index contributed by atoms with van der Waals surface area (Å²) in [4.78, 5) is 0. The number of benzene rings is 1. The lowest BCUT2D eigenvalue weighted by atomic mass is 9.94. The SMILES string of the molecule is CNC(c1c(C)cccc1C)c1c(Cl)cnn1C. The third kappa shape index (κ3) is 2.16. The van der Waals surface area contributed by atoms with E-state index in [0.717, 1.165) is 5.69 Å². The van der Waals surface area contributed by atoms with E-state index >= 15 is 0 Å². The van der Waals surface area contributed by atoms with Gasteiger partial charge in [-0.3, -0.25) is 4.68 Å². The van der Waals surface area contributed by atoms with Crippen LogP contribution < -0.4 is 5.32 Å². The van der Waals surface area contributed by atoms with E-state index in [9.17, 15) is 0 Å². The number of nitrogens with one attached hydrogen (secondary N) is 1. The lowest BCUT2D eigenvalue weighted by molar-refractivity contribution is 0.602. The molecule has 0 spiro atoms.